The van der Waals surface area contributed by atoms with E-state index in [-0.39, 0.29) is 17.2 Å². The molecule has 14 nitrogen and oxygen atoms in total. The van der Waals surface area contributed by atoms with Gasteiger partial charge in [0.15, 0.2) is 16.4 Å². The van der Waals surface area contributed by atoms with E-state index in [9.17, 15) is 19.8 Å². The van der Waals surface area contributed by atoms with Gasteiger partial charge < -0.3 is 31.5 Å². The summed E-state index contributed by atoms with van der Waals surface area (Å²) >= 11 is 7.95. The lowest BCUT2D eigenvalue weighted by molar-refractivity contribution is 0.0939. The summed E-state index contributed by atoms with van der Waals surface area (Å²) in [5.74, 6) is 0.915. The fourth-order valence-corrected chi connectivity index (χ4v) is 8.28. The summed E-state index contributed by atoms with van der Waals surface area (Å²) in [6.45, 7) is 18.3. The first kappa shape index (κ1) is 46.8. The minimum Gasteiger partial charge on any atom is -0.389 e. The summed E-state index contributed by atoms with van der Waals surface area (Å²) in [7, 11) is 0. The number of anilines is 2. The fourth-order valence-electron chi connectivity index (χ4n) is 6.83. The predicted molar refractivity (Wildman–Crippen MR) is 257 cm³/mol. The largest absolute Gasteiger partial charge is 0.389 e. The van der Waals surface area contributed by atoms with E-state index >= 15 is 0 Å². The number of halogens is 1. The van der Waals surface area contributed by atoms with Gasteiger partial charge in [0, 0.05) is 59.2 Å². The molecular formula is C48H61ClN10O4S. The third-order valence-corrected chi connectivity index (χ3v) is 11.9. The van der Waals surface area contributed by atoms with Gasteiger partial charge in [-0.1, -0.05) is 44.5 Å². The summed E-state index contributed by atoms with van der Waals surface area (Å²) in [5, 5.41) is 43.4. The molecule has 16 heteroatoms. The maximum Gasteiger partial charge on any atom is 0.251 e. The lowest BCUT2D eigenvalue weighted by Gasteiger charge is -2.20. The number of aliphatic hydroxyl groups is 2. The van der Waals surface area contributed by atoms with Crippen LogP contribution >= 0.6 is 23.4 Å². The molecule has 64 heavy (non-hydrogen) atoms. The first-order valence-electron chi connectivity index (χ1n) is 21.9. The molecule has 2 fully saturated rings. The van der Waals surface area contributed by atoms with Gasteiger partial charge in [-0.25, -0.2) is 19.0 Å². The van der Waals surface area contributed by atoms with E-state index in [2.05, 4.69) is 57.1 Å². The number of aryl methyl sites for hydroxylation is 2. The Morgan fingerprint density at radius 2 is 1.16 bits per heavy atom. The van der Waals surface area contributed by atoms with Crippen LogP contribution in [-0.2, 0) is 0 Å². The molecule has 0 bridgehead atoms. The van der Waals surface area contributed by atoms with Gasteiger partial charge in [0.2, 0.25) is 0 Å². The van der Waals surface area contributed by atoms with E-state index in [0.717, 1.165) is 82.2 Å². The molecule has 2 amide bonds. The molecule has 340 valence electrons. The molecule has 0 aliphatic heterocycles. The maximum absolute atomic E-state index is 12.6. The second kappa shape index (κ2) is 18.7. The Labute approximate surface area is 384 Å². The highest BCUT2D eigenvalue weighted by molar-refractivity contribution is 7.99. The van der Waals surface area contributed by atoms with Gasteiger partial charge in [-0.3, -0.25) is 9.59 Å². The normalized spacial score (nSPS) is 14.3. The highest BCUT2D eigenvalue weighted by atomic mass is 35.5. The quantitative estimate of drug-likeness (QED) is 0.0542. The van der Waals surface area contributed by atoms with Crippen molar-refractivity contribution in [2.24, 2.45) is 5.41 Å². The van der Waals surface area contributed by atoms with E-state index in [4.69, 9.17) is 16.7 Å². The molecule has 0 spiro atoms. The van der Waals surface area contributed by atoms with Crippen LogP contribution in [0.1, 0.15) is 112 Å². The van der Waals surface area contributed by atoms with E-state index in [1.807, 2.05) is 67.0 Å². The van der Waals surface area contributed by atoms with E-state index in [1.54, 1.807) is 56.2 Å². The molecule has 6 aromatic rings. The van der Waals surface area contributed by atoms with Gasteiger partial charge >= 0.3 is 0 Å². The van der Waals surface area contributed by atoms with Crippen molar-refractivity contribution < 1.29 is 19.8 Å². The van der Waals surface area contributed by atoms with E-state index in [1.165, 1.54) is 0 Å². The van der Waals surface area contributed by atoms with Crippen LogP contribution in [0.5, 0.6) is 0 Å². The van der Waals surface area contributed by atoms with Crippen LogP contribution in [0.4, 0.5) is 11.4 Å². The van der Waals surface area contributed by atoms with Crippen molar-refractivity contribution in [1.82, 2.24) is 39.8 Å². The van der Waals surface area contributed by atoms with Gasteiger partial charge in [-0.05, 0) is 121 Å². The summed E-state index contributed by atoms with van der Waals surface area (Å²) < 4.78 is 3.54. The second-order valence-corrected chi connectivity index (χ2v) is 21.1. The van der Waals surface area contributed by atoms with Crippen molar-refractivity contribution in [3.05, 3.63) is 88.3 Å². The molecule has 2 aliphatic rings. The number of rotatable bonds is 15. The number of benzene rings is 2. The SMILES string of the molecule is Cc1cc(-c2cnc3c(NCC(C)(C)O)cc(Cl)nn23)ccc1C(=O)NC1CC1.Cc1cc(-c2cnc3c(NCC(C)(C)O)cc(SCCC(C)(C)C)nn23)ccc1C(=O)NC1CC1. The number of aromatic nitrogens is 6. The Bertz CT molecular complexity index is 2670. The molecule has 4 heterocycles. The van der Waals surface area contributed by atoms with Gasteiger partial charge in [-0.2, -0.15) is 10.2 Å². The zero-order chi connectivity index (χ0) is 46.1. The molecule has 6 N–H and O–H groups in total. The van der Waals surface area contributed by atoms with Crippen LogP contribution in [0.3, 0.4) is 0 Å². The smallest absolute Gasteiger partial charge is 0.251 e. The number of hydrogen-bond acceptors (Lipinski definition) is 11. The van der Waals surface area contributed by atoms with Crippen molar-refractivity contribution in [2.45, 2.75) is 123 Å². The third kappa shape index (κ3) is 12.3. The van der Waals surface area contributed by atoms with Gasteiger partial charge in [-0.15, -0.1) is 11.8 Å². The van der Waals surface area contributed by atoms with Crippen LogP contribution in [0, 0.1) is 19.3 Å². The number of nitrogens with zero attached hydrogens (tertiary/aromatic N) is 6. The van der Waals surface area contributed by atoms with Crippen LogP contribution in [0.25, 0.3) is 33.8 Å². The summed E-state index contributed by atoms with van der Waals surface area (Å²) in [5.41, 5.74) is 8.03. The van der Waals surface area contributed by atoms with Gasteiger partial charge in [0.1, 0.15) is 5.03 Å². The van der Waals surface area contributed by atoms with Crippen molar-refractivity contribution in [1.29, 1.82) is 0 Å². The standard InChI is InChI=1S/C27H37N5O2S.C21H24ClN5O2/c1-17-13-18(7-10-20(17)25(33)30-19-8-9-19)22-15-28-24-21(29-16-27(5,6)34)14-23(31-32(22)24)35-12-11-26(2,3)4;1-12-8-13(4-7-15(12)20(28)25-14-5-6-14)17-10-23-19-16(24-11-21(2,3)29)9-18(22)26-27(17)19/h7,10,13-15,19,29,34H,8-9,11-12,16H2,1-6H3,(H,30,33);4,7-10,14,24,29H,5-6,11H2,1-3H3,(H,25,28). The highest BCUT2D eigenvalue weighted by Gasteiger charge is 2.26. The number of carbonyl (C=O) groups is 2. The predicted octanol–water partition coefficient (Wildman–Crippen LogP) is 8.74. The maximum atomic E-state index is 12.6. The number of carbonyl (C=O) groups excluding carboxylic acids is 2. The molecular weight excluding hydrogens is 848 g/mol. The number of hydrogen-bond donors (Lipinski definition) is 6. The zero-order valence-electron chi connectivity index (χ0n) is 38.3. The monoisotopic (exact) mass is 908 g/mol. The third-order valence-electron chi connectivity index (χ3n) is 10.8. The lowest BCUT2D eigenvalue weighted by Crippen LogP contribution is -2.29. The minimum atomic E-state index is -0.879. The number of imidazole rings is 2. The Morgan fingerprint density at radius 1 is 0.703 bits per heavy atom. The van der Waals surface area contributed by atoms with Crippen LogP contribution in [0.15, 0.2) is 66.0 Å². The van der Waals surface area contributed by atoms with Gasteiger partial charge in [0.05, 0.1) is 46.4 Å². The molecule has 0 atom stereocenters. The van der Waals surface area contributed by atoms with Gasteiger partial charge in [0.25, 0.3) is 11.8 Å². The summed E-state index contributed by atoms with van der Waals surface area (Å²) in [6, 6.07) is 15.9. The Balaban J connectivity index is 0.000000195. The second-order valence-electron chi connectivity index (χ2n) is 19.6. The van der Waals surface area contributed by atoms with E-state index < -0.39 is 11.2 Å². The minimum absolute atomic E-state index is 0.0107. The number of fused-ring (bicyclic) bond motifs is 2. The fraction of sp³-hybridized carbons (Fsp3) is 0.458. The Morgan fingerprint density at radius 3 is 1.58 bits per heavy atom. The first-order chi connectivity index (χ1) is 30.1. The van der Waals surface area contributed by atoms with Crippen molar-refractivity contribution >= 4 is 57.8 Å². The van der Waals surface area contributed by atoms with Crippen molar-refractivity contribution in [2.75, 3.05) is 29.5 Å². The number of amides is 2. The first-order valence-corrected chi connectivity index (χ1v) is 23.3. The molecule has 2 saturated carbocycles. The zero-order valence-corrected chi connectivity index (χ0v) is 39.8. The van der Waals surface area contributed by atoms with Crippen LogP contribution in [-0.4, -0.2) is 93.4 Å². The highest BCUT2D eigenvalue weighted by Crippen LogP contribution is 2.32. The molecule has 0 unspecified atom stereocenters. The summed E-state index contributed by atoms with van der Waals surface area (Å²) in [6.07, 6.45) is 8.87. The Kier molecular flexibility index (Phi) is 13.7. The van der Waals surface area contributed by atoms with Crippen molar-refractivity contribution in [3.8, 4) is 22.5 Å². The molecule has 2 aliphatic carbocycles. The topological polar surface area (TPSA) is 183 Å². The van der Waals surface area contributed by atoms with E-state index in [0.29, 0.717) is 58.4 Å². The van der Waals surface area contributed by atoms with Crippen LogP contribution in [0.2, 0.25) is 5.15 Å². The number of nitrogens with one attached hydrogen (secondary N) is 4. The number of thioether (sulfide) groups is 1. The Hall–Kier alpha value is -5.22. The molecule has 0 saturated heterocycles. The molecule has 4 aromatic heterocycles. The van der Waals surface area contributed by atoms with Crippen LogP contribution < -0.4 is 21.3 Å². The van der Waals surface area contributed by atoms with Crippen molar-refractivity contribution in [3.63, 3.8) is 0 Å². The molecule has 0 radical (unpaired) electrons. The summed E-state index contributed by atoms with van der Waals surface area (Å²) in [4.78, 5) is 34.1. The molecule has 8 rings (SSSR count). The average Bonchev–Trinajstić information content (AvgIpc) is 4.12. The average molecular weight is 910 g/mol. The molecule has 2 aromatic carbocycles. The lowest BCUT2D eigenvalue weighted by atomic mass is 9.94.